The molecule has 1 aromatic rings. The van der Waals surface area contributed by atoms with Gasteiger partial charge in [0.05, 0.1) is 0 Å². The van der Waals surface area contributed by atoms with Crippen molar-refractivity contribution in [2.24, 2.45) is 5.92 Å². The van der Waals surface area contributed by atoms with Crippen molar-refractivity contribution in [3.63, 3.8) is 0 Å². The van der Waals surface area contributed by atoms with E-state index in [9.17, 15) is 0 Å². The van der Waals surface area contributed by atoms with E-state index < -0.39 is 0 Å². The van der Waals surface area contributed by atoms with E-state index in [0.29, 0.717) is 10.8 Å². The highest BCUT2D eigenvalue weighted by molar-refractivity contribution is 8.00. The van der Waals surface area contributed by atoms with Gasteiger partial charge in [0.25, 0.3) is 0 Å². The summed E-state index contributed by atoms with van der Waals surface area (Å²) in [7, 11) is 0. The maximum atomic E-state index is 3.87. The van der Waals surface area contributed by atoms with Gasteiger partial charge in [-0.15, -0.1) is 0 Å². The Labute approximate surface area is 122 Å². The van der Waals surface area contributed by atoms with Gasteiger partial charge < -0.3 is 5.32 Å². The van der Waals surface area contributed by atoms with Crippen molar-refractivity contribution in [3.8, 4) is 0 Å². The van der Waals surface area contributed by atoms with Gasteiger partial charge in [-0.2, -0.15) is 11.8 Å². The van der Waals surface area contributed by atoms with Crippen molar-refractivity contribution in [3.05, 3.63) is 35.9 Å². The lowest BCUT2D eigenvalue weighted by Crippen LogP contribution is -2.39. The lowest BCUT2D eigenvalue weighted by atomic mass is 9.98. The first kappa shape index (κ1) is 14.9. The summed E-state index contributed by atoms with van der Waals surface area (Å²) in [4.78, 5) is 0. The highest BCUT2D eigenvalue weighted by atomic mass is 32.2. The maximum Gasteiger partial charge on any atom is 0.0349 e. The molecular formula is C17H27NS. The third-order valence-corrected chi connectivity index (χ3v) is 6.21. The van der Waals surface area contributed by atoms with Crippen molar-refractivity contribution in [2.75, 3.05) is 12.8 Å². The van der Waals surface area contributed by atoms with E-state index in [1.807, 2.05) is 11.8 Å². The quantitative estimate of drug-likeness (QED) is 0.742. The largest absolute Gasteiger partial charge is 0.308 e. The summed E-state index contributed by atoms with van der Waals surface area (Å²) in [5.74, 6) is 0.857. The fourth-order valence-corrected chi connectivity index (χ4v) is 3.61. The van der Waals surface area contributed by atoms with Crippen molar-refractivity contribution < 1.29 is 0 Å². The molecule has 0 bridgehead atoms. The zero-order chi connectivity index (χ0) is 13.7. The van der Waals surface area contributed by atoms with Crippen LogP contribution in [0, 0.1) is 5.92 Å². The van der Waals surface area contributed by atoms with Crippen molar-refractivity contribution in [1.29, 1.82) is 0 Å². The molecule has 1 N–H and O–H groups in total. The van der Waals surface area contributed by atoms with Crippen LogP contribution in [-0.2, 0) is 0 Å². The smallest absolute Gasteiger partial charge is 0.0349 e. The molecule has 19 heavy (non-hydrogen) atoms. The van der Waals surface area contributed by atoms with E-state index in [1.165, 1.54) is 31.2 Å². The molecule has 2 heteroatoms. The third-order valence-electron chi connectivity index (χ3n) is 4.62. The second-order valence-corrected chi connectivity index (χ2v) is 6.98. The molecule has 0 amide bonds. The van der Waals surface area contributed by atoms with Gasteiger partial charge in [0.2, 0.25) is 0 Å². The highest BCUT2D eigenvalue weighted by Gasteiger charge is 2.34. The summed E-state index contributed by atoms with van der Waals surface area (Å²) in [5, 5.41) is 3.87. The summed E-state index contributed by atoms with van der Waals surface area (Å²) in [6.07, 6.45) is 7.51. The fraction of sp³-hybridized carbons (Fsp3) is 0.647. The minimum absolute atomic E-state index is 0.405. The van der Waals surface area contributed by atoms with E-state index in [2.05, 4.69) is 55.8 Å². The highest BCUT2D eigenvalue weighted by Crippen LogP contribution is 2.41. The molecule has 2 rings (SSSR count). The van der Waals surface area contributed by atoms with Crippen LogP contribution in [0.5, 0.6) is 0 Å². The van der Waals surface area contributed by atoms with E-state index >= 15 is 0 Å². The average Bonchev–Trinajstić information content (AvgIpc) is 3.30. The molecule has 1 fully saturated rings. The lowest BCUT2D eigenvalue weighted by molar-refractivity contribution is 0.419. The molecule has 1 unspecified atom stereocenters. The number of hydrogen-bond acceptors (Lipinski definition) is 2. The number of benzene rings is 1. The number of rotatable bonds is 8. The second kappa shape index (κ2) is 6.81. The summed E-state index contributed by atoms with van der Waals surface area (Å²) in [5.41, 5.74) is 1.47. The summed E-state index contributed by atoms with van der Waals surface area (Å²) in [6.45, 7) is 5.75. The van der Waals surface area contributed by atoms with Crippen LogP contribution >= 0.6 is 11.8 Å². The van der Waals surface area contributed by atoms with Gasteiger partial charge in [0.15, 0.2) is 0 Å². The number of hydrogen-bond donors (Lipinski definition) is 1. The first-order chi connectivity index (χ1) is 9.24. The predicted octanol–water partition coefficient (Wildman–Crippen LogP) is 4.65. The molecule has 0 saturated heterocycles. The summed E-state index contributed by atoms with van der Waals surface area (Å²) in [6, 6.07) is 11.5. The van der Waals surface area contributed by atoms with Crippen molar-refractivity contribution in [1.82, 2.24) is 5.32 Å². The molecule has 106 valence electrons. The zero-order valence-electron chi connectivity index (χ0n) is 12.5. The van der Waals surface area contributed by atoms with Gasteiger partial charge in [-0.05, 0) is 43.4 Å². The van der Waals surface area contributed by atoms with Crippen LogP contribution < -0.4 is 5.32 Å². The Kier molecular flexibility index (Phi) is 5.35. The van der Waals surface area contributed by atoms with Crippen LogP contribution in [0.15, 0.2) is 30.3 Å². The van der Waals surface area contributed by atoms with Crippen LogP contribution in [-0.4, -0.2) is 17.5 Å². The average molecular weight is 277 g/mol. The molecule has 1 aliphatic rings. The van der Waals surface area contributed by atoms with Crippen LogP contribution in [0.4, 0.5) is 0 Å². The molecule has 0 heterocycles. The molecule has 1 atom stereocenters. The molecule has 0 aliphatic heterocycles. The first-order valence-electron chi connectivity index (χ1n) is 7.58. The molecule has 0 radical (unpaired) electrons. The molecule has 0 spiro atoms. The lowest BCUT2D eigenvalue weighted by Gasteiger charge is -2.32. The zero-order valence-corrected chi connectivity index (χ0v) is 13.3. The van der Waals surface area contributed by atoms with Gasteiger partial charge in [0, 0.05) is 17.3 Å². The minimum Gasteiger partial charge on any atom is -0.308 e. The van der Waals surface area contributed by atoms with Gasteiger partial charge in [0.1, 0.15) is 0 Å². The summed E-state index contributed by atoms with van der Waals surface area (Å²) >= 11 is 2.02. The van der Waals surface area contributed by atoms with Crippen LogP contribution in [0.25, 0.3) is 0 Å². The standard InChI is InChI=1S/C17H27NS/c1-4-17(5-2,19-3)13-18-16(15-11-12-15)14-9-7-6-8-10-14/h6-10,15-16,18H,4-5,11-13H2,1-3H3. The number of nitrogens with one attached hydrogen (secondary N) is 1. The van der Waals surface area contributed by atoms with Crippen molar-refractivity contribution >= 4 is 11.8 Å². The van der Waals surface area contributed by atoms with E-state index in [-0.39, 0.29) is 0 Å². The Morgan fingerprint density at radius 3 is 2.32 bits per heavy atom. The number of thioether (sulfide) groups is 1. The van der Waals surface area contributed by atoms with Crippen LogP contribution in [0.3, 0.4) is 0 Å². The Balaban J connectivity index is 2.02. The third kappa shape index (κ3) is 3.76. The second-order valence-electron chi connectivity index (χ2n) is 5.70. The minimum atomic E-state index is 0.405. The van der Waals surface area contributed by atoms with Gasteiger partial charge in [-0.1, -0.05) is 44.2 Å². The normalized spacial score (nSPS) is 17.4. The first-order valence-corrected chi connectivity index (χ1v) is 8.80. The molecule has 1 saturated carbocycles. The SMILES string of the molecule is CCC(CC)(CNC(c1ccccc1)C1CC1)SC. The maximum absolute atomic E-state index is 3.87. The van der Waals surface area contributed by atoms with Crippen molar-refractivity contribution in [2.45, 2.75) is 50.3 Å². The van der Waals surface area contributed by atoms with Gasteiger partial charge in [-0.3, -0.25) is 0 Å². The van der Waals surface area contributed by atoms with E-state index in [1.54, 1.807) is 0 Å². The Hall–Kier alpha value is -0.470. The van der Waals surface area contributed by atoms with Gasteiger partial charge >= 0.3 is 0 Å². The Bertz CT molecular complexity index is 360. The van der Waals surface area contributed by atoms with Crippen LogP contribution in [0.2, 0.25) is 0 Å². The molecule has 1 nitrogen and oxygen atoms in total. The van der Waals surface area contributed by atoms with Gasteiger partial charge in [-0.25, -0.2) is 0 Å². The topological polar surface area (TPSA) is 12.0 Å². The molecule has 0 aromatic heterocycles. The molecule has 1 aromatic carbocycles. The predicted molar refractivity (Wildman–Crippen MR) is 86.7 cm³/mol. The fourth-order valence-electron chi connectivity index (χ4n) is 2.80. The Morgan fingerprint density at radius 1 is 1.21 bits per heavy atom. The van der Waals surface area contributed by atoms with E-state index in [4.69, 9.17) is 0 Å². The molecule has 1 aliphatic carbocycles. The van der Waals surface area contributed by atoms with Crippen LogP contribution in [0.1, 0.15) is 51.1 Å². The molecular weight excluding hydrogens is 250 g/mol. The monoisotopic (exact) mass is 277 g/mol. The Morgan fingerprint density at radius 2 is 1.84 bits per heavy atom. The summed E-state index contributed by atoms with van der Waals surface area (Å²) < 4.78 is 0.405. The van der Waals surface area contributed by atoms with E-state index in [0.717, 1.165) is 12.5 Å².